The first-order valence-electron chi connectivity index (χ1n) is 3.15. The summed E-state index contributed by atoms with van der Waals surface area (Å²) in [7, 11) is 0. The normalized spacial score (nSPS) is 13.1. The van der Waals surface area contributed by atoms with E-state index in [1.807, 2.05) is 6.92 Å². The Morgan fingerprint density at radius 1 is 1.67 bits per heavy atom. The van der Waals surface area contributed by atoms with Crippen molar-refractivity contribution in [2.75, 3.05) is 6.54 Å². The number of nitrogens with two attached hydrogens (primary N) is 2. The van der Waals surface area contributed by atoms with Crippen LogP contribution in [0.4, 0.5) is 0 Å². The molecule has 4 N–H and O–H groups in total. The SMILES string of the molecule is C[C@@H](CCN)CC(N)=O. The van der Waals surface area contributed by atoms with Gasteiger partial charge in [0, 0.05) is 6.42 Å². The highest BCUT2D eigenvalue weighted by Crippen LogP contribution is 2.03. The molecule has 0 fully saturated rings. The van der Waals surface area contributed by atoms with Crippen LogP contribution in [-0.4, -0.2) is 12.5 Å². The van der Waals surface area contributed by atoms with Gasteiger partial charge in [-0.3, -0.25) is 4.79 Å². The third-order valence-corrected chi connectivity index (χ3v) is 1.21. The molecule has 1 amide bonds. The molecule has 0 radical (unpaired) electrons. The van der Waals surface area contributed by atoms with Crippen molar-refractivity contribution in [2.24, 2.45) is 17.4 Å². The van der Waals surface area contributed by atoms with Crippen LogP contribution in [0.3, 0.4) is 0 Å². The van der Waals surface area contributed by atoms with E-state index in [0.29, 0.717) is 18.9 Å². The second-order valence-electron chi connectivity index (χ2n) is 2.35. The molecule has 0 saturated heterocycles. The van der Waals surface area contributed by atoms with Crippen LogP contribution in [0.15, 0.2) is 0 Å². The predicted molar refractivity (Wildman–Crippen MR) is 36.6 cm³/mol. The zero-order valence-corrected chi connectivity index (χ0v) is 5.76. The van der Waals surface area contributed by atoms with Gasteiger partial charge in [-0.15, -0.1) is 0 Å². The van der Waals surface area contributed by atoms with Gasteiger partial charge in [0.15, 0.2) is 0 Å². The lowest BCUT2D eigenvalue weighted by Gasteiger charge is -2.04. The first kappa shape index (κ1) is 8.43. The van der Waals surface area contributed by atoms with Gasteiger partial charge in [-0.25, -0.2) is 0 Å². The first-order chi connectivity index (χ1) is 4.16. The maximum atomic E-state index is 10.3. The van der Waals surface area contributed by atoms with E-state index in [4.69, 9.17) is 11.5 Å². The first-order valence-corrected chi connectivity index (χ1v) is 3.15. The lowest BCUT2D eigenvalue weighted by Crippen LogP contribution is -2.16. The summed E-state index contributed by atoms with van der Waals surface area (Å²) in [5.74, 6) is 0.100. The summed E-state index contributed by atoms with van der Waals surface area (Å²) < 4.78 is 0. The Balaban J connectivity index is 3.26. The van der Waals surface area contributed by atoms with Gasteiger partial charge in [0.1, 0.15) is 0 Å². The van der Waals surface area contributed by atoms with Crippen LogP contribution in [0, 0.1) is 5.92 Å². The summed E-state index contributed by atoms with van der Waals surface area (Å²) in [5.41, 5.74) is 10.2. The van der Waals surface area contributed by atoms with Crippen molar-refractivity contribution in [3.05, 3.63) is 0 Å². The molecule has 0 rings (SSSR count). The fourth-order valence-corrected chi connectivity index (χ4v) is 0.730. The van der Waals surface area contributed by atoms with Gasteiger partial charge in [-0.1, -0.05) is 6.92 Å². The quantitative estimate of drug-likeness (QED) is 0.555. The number of carbonyl (C=O) groups is 1. The summed E-state index contributed by atoms with van der Waals surface area (Å²) in [4.78, 5) is 10.3. The van der Waals surface area contributed by atoms with E-state index in [9.17, 15) is 4.79 Å². The van der Waals surface area contributed by atoms with Crippen LogP contribution >= 0.6 is 0 Å². The molecule has 1 atom stereocenters. The zero-order valence-electron chi connectivity index (χ0n) is 5.76. The predicted octanol–water partition coefficient (Wildman–Crippen LogP) is -0.153. The maximum absolute atomic E-state index is 10.3. The molecule has 0 unspecified atom stereocenters. The van der Waals surface area contributed by atoms with Crippen molar-refractivity contribution in [1.82, 2.24) is 0 Å². The van der Waals surface area contributed by atoms with E-state index in [-0.39, 0.29) is 5.91 Å². The van der Waals surface area contributed by atoms with Crippen molar-refractivity contribution in [1.29, 1.82) is 0 Å². The van der Waals surface area contributed by atoms with E-state index < -0.39 is 0 Å². The Bertz CT molecular complexity index is 93.1. The van der Waals surface area contributed by atoms with Gasteiger partial charge < -0.3 is 11.5 Å². The largest absolute Gasteiger partial charge is 0.370 e. The average Bonchev–Trinajstić information content (AvgIpc) is 1.63. The third kappa shape index (κ3) is 5.30. The monoisotopic (exact) mass is 130 g/mol. The molecule has 0 aromatic carbocycles. The van der Waals surface area contributed by atoms with E-state index in [1.54, 1.807) is 0 Å². The highest BCUT2D eigenvalue weighted by Gasteiger charge is 2.03. The molecule has 0 saturated carbocycles. The Hall–Kier alpha value is -0.570. The Morgan fingerprint density at radius 2 is 2.22 bits per heavy atom. The molecule has 3 heteroatoms. The maximum Gasteiger partial charge on any atom is 0.217 e. The van der Waals surface area contributed by atoms with Gasteiger partial charge in [0.05, 0.1) is 0 Å². The lowest BCUT2D eigenvalue weighted by atomic mass is 10.0. The van der Waals surface area contributed by atoms with Crippen LogP contribution in [0.2, 0.25) is 0 Å². The third-order valence-electron chi connectivity index (χ3n) is 1.21. The molecule has 9 heavy (non-hydrogen) atoms. The van der Waals surface area contributed by atoms with Crippen molar-refractivity contribution in [3.8, 4) is 0 Å². The number of carbonyl (C=O) groups excluding carboxylic acids is 1. The highest BCUT2D eigenvalue weighted by molar-refractivity contribution is 5.73. The minimum Gasteiger partial charge on any atom is -0.370 e. The van der Waals surface area contributed by atoms with Gasteiger partial charge in [-0.05, 0) is 18.9 Å². The van der Waals surface area contributed by atoms with Crippen LogP contribution in [-0.2, 0) is 4.79 Å². The molecule has 0 bridgehead atoms. The van der Waals surface area contributed by atoms with Gasteiger partial charge in [0.2, 0.25) is 5.91 Å². The molecular weight excluding hydrogens is 116 g/mol. The molecule has 0 aromatic rings. The molecule has 0 aliphatic rings. The van der Waals surface area contributed by atoms with Crippen LogP contribution in [0.25, 0.3) is 0 Å². The molecule has 54 valence electrons. The number of primary amides is 1. The summed E-state index contributed by atoms with van der Waals surface area (Å²) in [5, 5.41) is 0. The summed E-state index contributed by atoms with van der Waals surface area (Å²) in [6.45, 7) is 2.60. The Labute approximate surface area is 55.4 Å². The van der Waals surface area contributed by atoms with E-state index >= 15 is 0 Å². The van der Waals surface area contributed by atoms with Crippen molar-refractivity contribution in [3.63, 3.8) is 0 Å². The minimum absolute atomic E-state index is 0.240. The van der Waals surface area contributed by atoms with Gasteiger partial charge in [0.25, 0.3) is 0 Å². The molecule has 0 aliphatic heterocycles. The second kappa shape index (κ2) is 4.32. The molecule has 0 aromatic heterocycles. The van der Waals surface area contributed by atoms with Crippen molar-refractivity contribution < 1.29 is 4.79 Å². The molecule has 0 spiro atoms. The average molecular weight is 130 g/mol. The molecule has 0 heterocycles. The molecular formula is C6H14N2O. The smallest absolute Gasteiger partial charge is 0.217 e. The number of amides is 1. The fourth-order valence-electron chi connectivity index (χ4n) is 0.730. The van der Waals surface area contributed by atoms with E-state index in [0.717, 1.165) is 6.42 Å². The van der Waals surface area contributed by atoms with E-state index in [2.05, 4.69) is 0 Å². The number of rotatable bonds is 4. The summed E-state index contributed by atoms with van der Waals surface area (Å²) in [6.07, 6.45) is 1.33. The Kier molecular flexibility index (Phi) is 4.05. The second-order valence-corrected chi connectivity index (χ2v) is 2.35. The summed E-state index contributed by atoms with van der Waals surface area (Å²) >= 11 is 0. The molecule has 3 nitrogen and oxygen atoms in total. The van der Waals surface area contributed by atoms with E-state index in [1.165, 1.54) is 0 Å². The number of hydrogen-bond donors (Lipinski definition) is 2. The molecule has 0 aliphatic carbocycles. The lowest BCUT2D eigenvalue weighted by molar-refractivity contribution is -0.118. The van der Waals surface area contributed by atoms with Crippen molar-refractivity contribution >= 4 is 5.91 Å². The summed E-state index contributed by atoms with van der Waals surface area (Å²) in [6, 6.07) is 0. The highest BCUT2D eigenvalue weighted by atomic mass is 16.1. The van der Waals surface area contributed by atoms with Crippen LogP contribution in [0.1, 0.15) is 19.8 Å². The van der Waals surface area contributed by atoms with Crippen LogP contribution < -0.4 is 11.5 Å². The van der Waals surface area contributed by atoms with Gasteiger partial charge in [-0.2, -0.15) is 0 Å². The van der Waals surface area contributed by atoms with Gasteiger partial charge >= 0.3 is 0 Å². The van der Waals surface area contributed by atoms with Crippen molar-refractivity contribution in [2.45, 2.75) is 19.8 Å². The zero-order chi connectivity index (χ0) is 7.28. The standard InChI is InChI=1S/C6H14N2O/c1-5(2-3-7)4-6(8)9/h5H,2-4,7H2,1H3,(H2,8,9)/t5-/m0/s1. The van der Waals surface area contributed by atoms with Crippen LogP contribution in [0.5, 0.6) is 0 Å². The topological polar surface area (TPSA) is 69.1 Å². The minimum atomic E-state index is -0.240. The fraction of sp³-hybridized carbons (Fsp3) is 0.833. The Morgan fingerprint density at radius 3 is 2.56 bits per heavy atom. The number of hydrogen-bond acceptors (Lipinski definition) is 2.